The number of carbonyl (C=O) groups is 3. The van der Waals surface area contributed by atoms with Gasteiger partial charge >= 0.3 is 0 Å². The largest absolute Gasteiger partial charge is 0.369 e. The molecule has 0 aromatic carbocycles. The number of likely N-dealkylation sites (tertiary alicyclic amines) is 1. The molecule has 1 aromatic heterocycles. The molecular weight excluding hydrogens is 326 g/mol. The van der Waals surface area contributed by atoms with Crippen LogP contribution in [0.2, 0.25) is 0 Å². The third-order valence-electron chi connectivity index (χ3n) is 4.85. The minimum absolute atomic E-state index is 0.0374. The number of nitrogens with one attached hydrogen (secondary N) is 1. The number of amides is 3. The number of carbonyl (C=O) groups excluding carboxylic acids is 3. The quantitative estimate of drug-likeness (QED) is 0.872. The van der Waals surface area contributed by atoms with Crippen molar-refractivity contribution in [3.63, 3.8) is 0 Å². The van der Waals surface area contributed by atoms with Gasteiger partial charge in [-0.2, -0.15) is 0 Å². The fourth-order valence-corrected chi connectivity index (χ4v) is 4.11. The molecule has 2 unspecified atom stereocenters. The number of nitrogens with two attached hydrogens (primary N) is 1. The van der Waals surface area contributed by atoms with E-state index >= 15 is 0 Å². The van der Waals surface area contributed by atoms with Crippen molar-refractivity contribution in [3.8, 4) is 0 Å². The van der Waals surface area contributed by atoms with Crippen LogP contribution in [0.5, 0.6) is 0 Å². The Labute approximate surface area is 145 Å². The van der Waals surface area contributed by atoms with E-state index in [4.69, 9.17) is 5.73 Å². The van der Waals surface area contributed by atoms with E-state index in [0.717, 1.165) is 31.2 Å². The highest BCUT2D eigenvalue weighted by atomic mass is 32.1. The molecule has 3 amide bonds. The summed E-state index contributed by atoms with van der Waals surface area (Å²) in [5, 5.41) is 3.61. The van der Waals surface area contributed by atoms with Gasteiger partial charge in [-0.05, 0) is 51.2 Å². The third-order valence-corrected chi connectivity index (χ3v) is 5.99. The maximum absolute atomic E-state index is 12.9. The number of anilines is 1. The predicted octanol–water partition coefficient (Wildman–Crippen LogP) is 2.13. The smallest absolute Gasteiger partial charge is 0.264 e. The zero-order valence-corrected chi connectivity index (χ0v) is 14.8. The Kier molecular flexibility index (Phi) is 4.62. The van der Waals surface area contributed by atoms with E-state index < -0.39 is 0 Å². The Morgan fingerprint density at radius 1 is 1.21 bits per heavy atom. The molecule has 2 heterocycles. The zero-order valence-electron chi connectivity index (χ0n) is 14.0. The van der Waals surface area contributed by atoms with E-state index in [-0.39, 0.29) is 35.6 Å². The monoisotopic (exact) mass is 349 g/mol. The van der Waals surface area contributed by atoms with Crippen LogP contribution in [-0.4, -0.2) is 35.2 Å². The van der Waals surface area contributed by atoms with Gasteiger partial charge < -0.3 is 16.0 Å². The van der Waals surface area contributed by atoms with Crippen LogP contribution in [0.4, 0.5) is 5.00 Å². The van der Waals surface area contributed by atoms with Crippen LogP contribution in [-0.2, 0) is 9.59 Å². The number of piperidine rings is 1. The highest BCUT2D eigenvalue weighted by Gasteiger charge is 2.34. The van der Waals surface area contributed by atoms with Crippen molar-refractivity contribution in [3.05, 3.63) is 16.5 Å². The summed E-state index contributed by atoms with van der Waals surface area (Å²) in [5.41, 5.74) is 6.27. The molecule has 2 aliphatic rings. The first-order valence-corrected chi connectivity index (χ1v) is 9.20. The first-order valence-electron chi connectivity index (χ1n) is 8.38. The minimum Gasteiger partial charge on any atom is -0.369 e. The Balaban J connectivity index is 1.74. The van der Waals surface area contributed by atoms with Gasteiger partial charge in [0.25, 0.3) is 5.91 Å². The SMILES string of the molecule is Cc1cc(NC(=O)C2CC2)sc1C(=O)N1CC(C(N)=O)CCC1C. The molecule has 6 nitrogen and oxygen atoms in total. The molecule has 2 atom stereocenters. The van der Waals surface area contributed by atoms with Crippen LogP contribution in [0, 0.1) is 18.8 Å². The normalized spacial score (nSPS) is 23.8. The van der Waals surface area contributed by atoms with Crippen LogP contribution in [0.1, 0.15) is 47.8 Å². The number of nitrogens with zero attached hydrogens (tertiary/aromatic N) is 1. The average Bonchev–Trinajstić information content (AvgIpc) is 3.31. The molecule has 7 heteroatoms. The van der Waals surface area contributed by atoms with Crippen LogP contribution in [0.25, 0.3) is 0 Å². The van der Waals surface area contributed by atoms with E-state index in [1.165, 1.54) is 11.3 Å². The lowest BCUT2D eigenvalue weighted by atomic mass is 9.92. The lowest BCUT2D eigenvalue weighted by molar-refractivity contribution is -0.123. The molecule has 1 saturated carbocycles. The predicted molar refractivity (Wildman–Crippen MR) is 92.8 cm³/mol. The van der Waals surface area contributed by atoms with Crippen molar-refractivity contribution >= 4 is 34.1 Å². The fraction of sp³-hybridized carbons (Fsp3) is 0.588. The van der Waals surface area contributed by atoms with E-state index in [0.29, 0.717) is 16.4 Å². The second kappa shape index (κ2) is 6.55. The van der Waals surface area contributed by atoms with Crippen LogP contribution in [0.3, 0.4) is 0 Å². The summed E-state index contributed by atoms with van der Waals surface area (Å²) in [6.45, 7) is 4.24. The molecule has 3 rings (SSSR count). The molecule has 1 aliphatic heterocycles. The summed E-state index contributed by atoms with van der Waals surface area (Å²) in [6.07, 6.45) is 3.39. The molecule has 0 bridgehead atoms. The molecule has 1 saturated heterocycles. The first kappa shape index (κ1) is 17.0. The fourth-order valence-electron chi connectivity index (χ4n) is 3.08. The summed E-state index contributed by atoms with van der Waals surface area (Å²) >= 11 is 1.31. The van der Waals surface area contributed by atoms with Gasteiger partial charge in [-0.25, -0.2) is 0 Å². The van der Waals surface area contributed by atoms with E-state index in [9.17, 15) is 14.4 Å². The maximum atomic E-state index is 12.9. The summed E-state index contributed by atoms with van der Waals surface area (Å²) in [4.78, 5) is 38.6. The molecule has 1 aliphatic carbocycles. The average molecular weight is 349 g/mol. The second-order valence-electron chi connectivity index (χ2n) is 6.87. The molecule has 0 radical (unpaired) electrons. The van der Waals surface area contributed by atoms with E-state index in [1.54, 1.807) is 4.90 Å². The molecule has 1 aromatic rings. The van der Waals surface area contributed by atoms with Crippen molar-refractivity contribution in [2.45, 2.75) is 45.6 Å². The number of hydrogen-bond acceptors (Lipinski definition) is 4. The topological polar surface area (TPSA) is 92.5 Å². The maximum Gasteiger partial charge on any atom is 0.264 e. The minimum atomic E-state index is -0.347. The third kappa shape index (κ3) is 3.45. The number of aryl methyl sites for hydroxylation is 1. The van der Waals surface area contributed by atoms with Gasteiger partial charge in [0.05, 0.1) is 15.8 Å². The van der Waals surface area contributed by atoms with Crippen molar-refractivity contribution in [2.75, 3.05) is 11.9 Å². The van der Waals surface area contributed by atoms with Crippen LogP contribution >= 0.6 is 11.3 Å². The van der Waals surface area contributed by atoms with Crippen LogP contribution < -0.4 is 11.1 Å². The van der Waals surface area contributed by atoms with Gasteiger partial charge in [0.2, 0.25) is 11.8 Å². The van der Waals surface area contributed by atoms with E-state index in [2.05, 4.69) is 5.32 Å². The zero-order chi connectivity index (χ0) is 17.4. The van der Waals surface area contributed by atoms with Crippen LogP contribution in [0.15, 0.2) is 6.07 Å². The molecule has 3 N–H and O–H groups in total. The van der Waals surface area contributed by atoms with Gasteiger partial charge in [0.1, 0.15) is 0 Å². The number of rotatable bonds is 4. The van der Waals surface area contributed by atoms with Gasteiger partial charge in [-0.1, -0.05) is 0 Å². The number of thiophene rings is 1. The molecular formula is C17H23N3O3S. The van der Waals surface area contributed by atoms with Gasteiger partial charge in [0, 0.05) is 18.5 Å². The van der Waals surface area contributed by atoms with Crippen molar-refractivity contribution < 1.29 is 14.4 Å². The summed E-state index contributed by atoms with van der Waals surface area (Å²) < 4.78 is 0. The highest BCUT2D eigenvalue weighted by Crippen LogP contribution is 2.34. The van der Waals surface area contributed by atoms with Crippen molar-refractivity contribution in [2.24, 2.45) is 17.6 Å². The first-order chi connectivity index (χ1) is 11.4. The molecule has 130 valence electrons. The van der Waals surface area contributed by atoms with Gasteiger partial charge in [0.15, 0.2) is 0 Å². The number of hydrogen-bond donors (Lipinski definition) is 2. The highest BCUT2D eigenvalue weighted by molar-refractivity contribution is 7.18. The Morgan fingerprint density at radius 3 is 2.50 bits per heavy atom. The second-order valence-corrected chi connectivity index (χ2v) is 7.92. The van der Waals surface area contributed by atoms with Gasteiger partial charge in [-0.3, -0.25) is 14.4 Å². The molecule has 2 fully saturated rings. The lowest BCUT2D eigenvalue weighted by Crippen LogP contribution is -2.48. The lowest BCUT2D eigenvalue weighted by Gasteiger charge is -2.36. The summed E-state index contributed by atoms with van der Waals surface area (Å²) in [5.74, 6) is -0.539. The van der Waals surface area contributed by atoms with Crippen molar-refractivity contribution in [1.29, 1.82) is 0 Å². The molecule has 24 heavy (non-hydrogen) atoms. The Morgan fingerprint density at radius 2 is 1.88 bits per heavy atom. The van der Waals surface area contributed by atoms with Gasteiger partial charge in [-0.15, -0.1) is 11.3 Å². The van der Waals surface area contributed by atoms with Crippen molar-refractivity contribution in [1.82, 2.24) is 4.90 Å². The molecule has 0 spiro atoms. The standard InChI is InChI=1S/C17H23N3O3S/c1-9-7-13(19-16(22)11-5-6-11)24-14(9)17(23)20-8-12(15(18)21)4-3-10(20)2/h7,10-12H,3-6,8H2,1-2H3,(H2,18,21)(H,19,22). The van der Waals surface area contributed by atoms with E-state index in [1.807, 2.05) is 19.9 Å². The Bertz CT molecular complexity index is 681. The number of primary amides is 1. The summed E-state index contributed by atoms with van der Waals surface area (Å²) in [7, 11) is 0. The Hall–Kier alpha value is -1.89. The summed E-state index contributed by atoms with van der Waals surface area (Å²) in [6, 6.07) is 1.93.